The minimum Gasteiger partial charge on any atom is -0.258 e. The molecule has 0 spiro atoms. The summed E-state index contributed by atoms with van der Waals surface area (Å²) >= 11 is 3.12. The SMILES string of the molecule is Cc1cc(Br)cc([N+](=O)[O-])c1N=C=O. The second-order valence-corrected chi connectivity index (χ2v) is 3.47. The van der Waals surface area contributed by atoms with Gasteiger partial charge < -0.3 is 0 Å². The van der Waals surface area contributed by atoms with E-state index in [-0.39, 0.29) is 11.4 Å². The van der Waals surface area contributed by atoms with E-state index in [9.17, 15) is 14.9 Å². The number of rotatable bonds is 2. The maximum absolute atomic E-state index is 10.6. The van der Waals surface area contributed by atoms with Crippen LogP contribution in [0.25, 0.3) is 0 Å². The standard InChI is InChI=1S/C8H5BrN2O3/c1-5-2-6(9)3-7(11(13)14)8(5)10-4-12/h2-3H,1H3. The fraction of sp³-hybridized carbons (Fsp3) is 0.125. The Bertz CT molecular complexity index is 438. The van der Waals surface area contributed by atoms with Crippen LogP contribution in [0.15, 0.2) is 21.6 Å². The van der Waals surface area contributed by atoms with Crippen molar-refractivity contribution < 1.29 is 9.72 Å². The van der Waals surface area contributed by atoms with Crippen molar-refractivity contribution >= 4 is 33.4 Å². The van der Waals surface area contributed by atoms with Gasteiger partial charge in [-0.3, -0.25) is 10.1 Å². The minimum atomic E-state index is -0.589. The van der Waals surface area contributed by atoms with Gasteiger partial charge in [0.15, 0.2) is 5.69 Å². The third-order valence-electron chi connectivity index (χ3n) is 1.60. The zero-order valence-electron chi connectivity index (χ0n) is 7.15. The van der Waals surface area contributed by atoms with Crippen LogP contribution in [-0.4, -0.2) is 11.0 Å². The molecule has 5 nitrogen and oxygen atoms in total. The first-order valence-corrected chi connectivity index (χ1v) is 4.38. The van der Waals surface area contributed by atoms with Crippen molar-refractivity contribution in [2.75, 3.05) is 0 Å². The first kappa shape index (κ1) is 10.6. The van der Waals surface area contributed by atoms with Crippen LogP contribution in [0.4, 0.5) is 11.4 Å². The molecule has 0 bridgehead atoms. The van der Waals surface area contributed by atoms with Gasteiger partial charge in [0, 0.05) is 10.5 Å². The number of carbonyl (C=O) groups excluding carboxylic acids is 1. The number of nitro groups is 1. The average Bonchev–Trinajstić information content (AvgIpc) is 2.09. The number of aryl methyl sites for hydroxylation is 1. The summed E-state index contributed by atoms with van der Waals surface area (Å²) in [6.45, 7) is 1.63. The Hall–Kier alpha value is -1.52. The van der Waals surface area contributed by atoms with Crippen molar-refractivity contribution in [2.24, 2.45) is 4.99 Å². The highest BCUT2D eigenvalue weighted by molar-refractivity contribution is 9.10. The first-order chi connectivity index (χ1) is 6.56. The molecule has 14 heavy (non-hydrogen) atoms. The van der Waals surface area contributed by atoms with E-state index in [1.165, 1.54) is 12.1 Å². The average molecular weight is 257 g/mol. The molecule has 0 amide bonds. The molecule has 0 radical (unpaired) electrons. The van der Waals surface area contributed by atoms with Crippen LogP contribution in [0, 0.1) is 17.0 Å². The fourth-order valence-corrected chi connectivity index (χ4v) is 1.61. The van der Waals surface area contributed by atoms with Crippen molar-refractivity contribution in [2.45, 2.75) is 6.92 Å². The number of halogens is 1. The van der Waals surface area contributed by atoms with Gasteiger partial charge in [0.25, 0.3) is 5.69 Å². The molecular weight excluding hydrogens is 252 g/mol. The number of benzene rings is 1. The summed E-state index contributed by atoms with van der Waals surface area (Å²) < 4.78 is 0.576. The third kappa shape index (κ3) is 2.04. The van der Waals surface area contributed by atoms with Crippen molar-refractivity contribution in [1.82, 2.24) is 0 Å². The van der Waals surface area contributed by atoms with Crippen molar-refractivity contribution in [3.05, 3.63) is 32.3 Å². The van der Waals surface area contributed by atoms with E-state index in [2.05, 4.69) is 20.9 Å². The molecule has 0 aliphatic rings. The summed E-state index contributed by atoms with van der Waals surface area (Å²) in [6.07, 6.45) is 1.29. The predicted molar refractivity (Wildman–Crippen MR) is 53.3 cm³/mol. The number of nitrogens with zero attached hydrogens (tertiary/aromatic N) is 2. The Labute approximate surface area is 87.7 Å². The summed E-state index contributed by atoms with van der Waals surface area (Å²) in [5, 5.41) is 10.6. The summed E-state index contributed by atoms with van der Waals surface area (Å²) in [6, 6.07) is 2.94. The van der Waals surface area contributed by atoms with E-state index in [0.717, 1.165) is 0 Å². The molecule has 6 heteroatoms. The second kappa shape index (κ2) is 4.13. The molecule has 1 rings (SSSR count). The van der Waals surface area contributed by atoms with E-state index in [4.69, 9.17) is 0 Å². The van der Waals surface area contributed by atoms with Crippen molar-refractivity contribution in [1.29, 1.82) is 0 Å². The molecule has 0 saturated carbocycles. The number of hydrogen-bond donors (Lipinski definition) is 0. The largest absolute Gasteiger partial charge is 0.297 e. The Morgan fingerprint density at radius 3 is 2.71 bits per heavy atom. The van der Waals surface area contributed by atoms with Crippen LogP contribution in [0.5, 0.6) is 0 Å². The highest BCUT2D eigenvalue weighted by Gasteiger charge is 2.16. The van der Waals surface area contributed by atoms with Gasteiger partial charge in [-0.15, -0.1) is 0 Å². The molecule has 1 aromatic carbocycles. The van der Waals surface area contributed by atoms with Gasteiger partial charge in [-0.2, -0.15) is 4.99 Å². The van der Waals surface area contributed by atoms with Crippen LogP contribution >= 0.6 is 15.9 Å². The van der Waals surface area contributed by atoms with Crippen molar-refractivity contribution in [3.63, 3.8) is 0 Å². The second-order valence-electron chi connectivity index (χ2n) is 2.55. The smallest absolute Gasteiger partial charge is 0.258 e. The molecule has 0 unspecified atom stereocenters. The molecule has 0 N–H and O–H groups in total. The highest BCUT2D eigenvalue weighted by Crippen LogP contribution is 2.33. The van der Waals surface area contributed by atoms with Crippen molar-refractivity contribution in [3.8, 4) is 0 Å². The number of isocyanates is 1. The van der Waals surface area contributed by atoms with Gasteiger partial charge in [-0.05, 0) is 18.6 Å². The monoisotopic (exact) mass is 256 g/mol. The summed E-state index contributed by atoms with van der Waals surface area (Å²) in [5.41, 5.74) is 0.392. The van der Waals surface area contributed by atoms with Gasteiger partial charge in [0.05, 0.1) is 4.92 Å². The Balaban J connectivity index is 3.51. The lowest BCUT2D eigenvalue weighted by atomic mass is 10.2. The molecule has 0 aliphatic carbocycles. The topological polar surface area (TPSA) is 72.6 Å². The minimum absolute atomic E-state index is 0.0493. The third-order valence-corrected chi connectivity index (χ3v) is 2.06. The number of aliphatic imine (C=N–C) groups is 1. The Morgan fingerprint density at radius 2 is 2.21 bits per heavy atom. The predicted octanol–water partition coefficient (Wildman–Crippen LogP) is 2.63. The van der Waals surface area contributed by atoms with E-state index in [0.29, 0.717) is 10.0 Å². The van der Waals surface area contributed by atoms with Gasteiger partial charge in [0.1, 0.15) is 0 Å². The van der Waals surface area contributed by atoms with Gasteiger partial charge in [-0.25, -0.2) is 4.79 Å². The van der Waals surface area contributed by atoms with Gasteiger partial charge in [0.2, 0.25) is 6.08 Å². The molecule has 0 aromatic heterocycles. The van der Waals surface area contributed by atoms with Crippen LogP contribution in [0.3, 0.4) is 0 Å². The molecule has 0 atom stereocenters. The molecular formula is C8H5BrN2O3. The van der Waals surface area contributed by atoms with Crippen LogP contribution in [0.2, 0.25) is 0 Å². The van der Waals surface area contributed by atoms with Gasteiger partial charge >= 0.3 is 0 Å². The summed E-state index contributed by atoms with van der Waals surface area (Å²) in [4.78, 5) is 23.4. The van der Waals surface area contributed by atoms with E-state index in [1.54, 1.807) is 13.0 Å². The van der Waals surface area contributed by atoms with Crippen LogP contribution in [0.1, 0.15) is 5.56 Å². The molecule has 0 heterocycles. The number of hydrogen-bond acceptors (Lipinski definition) is 4. The highest BCUT2D eigenvalue weighted by atomic mass is 79.9. The molecule has 1 aromatic rings. The zero-order valence-corrected chi connectivity index (χ0v) is 8.74. The van der Waals surface area contributed by atoms with E-state index >= 15 is 0 Å². The lowest BCUT2D eigenvalue weighted by molar-refractivity contribution is -0.384. The lowest BCUT2D eigenvalue weighted by Gasteiger charge is -2.00. The maximum atomic E-state index is 10.6. The molecule has 0 fully saturated rings. The molecule has 0 aliphatic heterocycles. The van der Waals surface area contributed by atoms with E-state index in [1.807, 2.05) is 0 Å². The van der Waals surface area contributed by atoms with Crippen LogP contribution in [-0.2, 0) is 4.79 Å². The normalized spacial score (nSPS) is 9.29. The zero-order chi connectivity index (χ0) is 10.7. The quantitative estimate of drug-likeness (QED) is 0.354. The van der Waals surface area contributed by atoms with Crippen LogP contribution < -0.4 is 0 Å². The molecule has 0 saturated heterocycles. The Kier molecular flexibility index (Phi) is 3.11. The first-order valence-electron chi connectivity index (χ1n) is 3.58. The maximum Gasteiger partial charge on any atom is 0.297 e. The fourth-order valence-electron chi connectivity index (χ4n) is 1.05. The number of nitro benzene ring substituents is 1. The lowest BCUT2D eigenvalue weighted by Crippen LogP contribution is -1.90. The summed E-state index contributed by atoms with van der Waals surface area (Å²) in [5.74, 6) is 0. The molecule has 72 valence electrons. The Morgan fingerprint density at radius 1 is 1.57 bits per heavy atom. The van der Waals surface area contributed by atoms with E-state index < -0.39 is 4.92 Å². The summed E-state index contributed by atoms with van der Waals surface area (Å²) in [7, 11) is 0. The van der Waals surface area contributed by atoms with Gasteiger partial charge in [-0.1, -0.05) is 15.9 Å².